The molecular formula is C16H20N2O2. The first-order valence-corrected chi connectivity index (χ1v) is 7.27. The average molecular weight is 272 g/mol. The molecule has 1 aromatic heterocycles. The summed E-state index contributed by atoms with van der Waals surface area (Å²) < 4.78 is 0. The number of aromatic amines is 1. The number of aliphatic hydroxyl groups excluding tert-OH is 1. The number of hydrogen-bond donors (Lipinski definition) is 3. The first-order valence-electron chi connectivity index (χ1n) is 7.27. The van der Waals surface area contributed by atoms with Crippen molar-refractivity contribution in [1.29, 1.82) is 0 Å². The van der Waals surface area contributed by atoms with Crippen LogP contribution in [0.25, 0.3) is 10.9 Å². The van der Waals surface area contributed by atoms with E-state index in [0.717, 1.165) is 23.7 Å². The SMILES string of the molecule is O=C(NCC(O)C1CCCC1)c1ccc2cc[nH]c2c1. The van der Waals surface area contributed by atoms with Crippen LogP contribution in [-0.2, 0) is 0 Å². The van der Waals surface area contributed by atoms with Gasteiger partial charge >= 0.3 is 0 Å². The Morgan fingerprint density at radius 3 is 2.95 bits per heavy atom. The topological polar surface area (TPSA) is 65.1 Å². The normalized spacial score (nSPS) is 17.4. The van der Waals surface area contributed by atoms with Crippen molar-refractivity contribution in [3.05, 3.63) is 36.0 Å². The summed E-state index contributed by atoms with van der Waals surface area (Å²) in [6, 6.07) is 7.55. The summed E-state index contributed by atoms with van der Waals surface area (Å²) in [7, 11) is 0. The predicted octanol–water partition coefficient (Wildman–Crippen LogP) is 2.45. The van der Waals surface area contributed by atoms with Gasteiger partial charge in [0.25, 0.3) is 5.91 Å². The molecule has 1 heterocycles. The van der Waals surface area contributed by atoms with Gasteiger partial charge in [-0.2, -0.15) is 0 Å². The number of carbonyl (C=O) groups excluding carboxylic acids is 1. The number of carbonyl (C=O) groups is 1. The number of aromatic nitrogens is 1. The van der Waals surface area contributed by atoms with Crippen LogP contribution in [0, 0.1) is 5.92 Å². The first-order chi connectivity index (χ1) is 9.74. The molecule has 1 amide bonds. The third-order valence-corrected chi connectivity index (χ3v) is 4.23. The van der Waals surface area contributed by atoms with Gasteiger partial charge in [0.2, 0.25) is 0 Å². The number of benzene rings is 1. The highest BCUT2D eigenvalue weighted by atomic mass is 16.3. The molecule has 0 saturated heterocycles. The fourth-order valence-electron chi connectivity index (χ4n) is 3.00. The van der Waals surface area contributed by atoms with Crippen LogP contribution in [-0.4, -0.2) is 28.6 Å². The van der Waals surface area contributed by atoms with Crippen molar-refractivity contribution >= 4 is 16.8 Å². The van der Waals surface area contributed by atoms with E-state index in [1.807, 2.05) is 30.5 Å². The molecule has 3 rings (SSSR count). The van der Waals surface area contributed by atoms with E-state index in [1.54, 1.807) is 0 Å². The van der Waals surface area contributed by atoms with Crippen molar-refractivity contribution in [1.82, 2.24) is 10.3 Å². The third-order valence-electron chi connectivity index (χ3n) is 4.23. The van der Waals surface area contributed by atoms with Gasteiger partial charge in [0.15, 0.2) is 0 Å². The van der Waals surface area contributed by atoms with E-state index in [2.05, 4.69) is 10.3 Å². The fraction of sp³-hybridized carbons (Fsp3) is 0.438. The zero-order valence-corrected chi connectivity index (χ0v) is 11.4. The van der Waals surface area contributed by atoms with E-state index in [0.29, 0.717) is 18.0 Å². The summed E-state index contributed by atoms with van der Waals surface area (Å²) in [6.45, 7) is 0.340. The van der Waals surface area contributed by atoms with Gasteiger partial charge in [-0.15, -0.1) is 0 Å². The molecule has 1 fully saturated rings. The van der Waals surface area contributed by atoms with Crippen LogP contribution in [0.4, 0.5) is 0 Å². The van der Waals surface area contributed by atoms with Crippen molar-refractivity contribution in [2.24, 2.45) is 5.92 Å². The lowest BCUT2D eigenvalue weighted by Gasteiger charge is -2.18. The van der Waals surface area contributed by atoms with Crippen molar-refractivity contribution < 1.29 is 9.90 Å². The van der Waals surface area contributed by atoms with E-state index >= 15 is 0 Å². The van der Waals surface area contributed by atoms with Crippen molar-refractivity contribution in [2.45, 2.75) is 31.8 Å². The molecule has 20 heavy (non-hydrogen) atoms. The number of nitrogens with one attached hydrogen (secondary N) is 2. The number of hydrogen-bond acceptors (Lipinski definition) is 2. The molecule has 0 spiro atoms. The Morgan fingerprint density at radius 1 is 1.35 bits per heavy atom. The van der Waals surface area contributed by atoms with E-state index < -0.39 is 6.10 Å². The van der Waals surface area contributed by atoms with E-state index in [9.17, 15) is 9.90 Å². The summed E-state index contributed by atoms with van der Waals surface area (Å²) in [5.41, 5.74) is 1.58. The molecule has 1 unspecified atom stereocenters. The molecule has 1 aliphatic carbocycles. The minimum absolute atomic E-state index is 0.126. The van der Waals surface area contributed by atoms with Crippen LogP contribution in [0.3, 0.4) is 0 Å². The summed E-state index contributed by atoms with van der Waals surface area (Å²) in [5, 5.41) is 14.0. The lowest BCUT2D eigenvalue weighted by Crippen LogP contribution is -2.35. The van der Waals surface area contributed by atoms with Gasteiger partial charge in [-0.1, -0.05) is 18.9 Å². The lowest BCUT2D eigenvalue weighted by molar-refractivity contribution is 0.0840. The second-order valence-electron chi connectivity index (χ2n) is 5.60. The molecule has 1 aromatic carbocycles. The van der Waals surface area contributed by atoms with Gasteiger partial charge in [0.1, 0.15) is 0 Å². The highest BCUT2D eigenvalue weighted by Crippen LogP contribution is 2.27. The second-order valence-corrected chi connectivity index (χ2v) is 5.60. The molecule has 1 aliphatic rings. The number of rotatable bonds is 4. The van der Waals surface area contributed by atoms with Gasteiger partial charge in [-0.05, 0) is 42.3 Å². The van der Waals surface area contributed by atoms with E-state index in [-0.39, 0.29) is 5.91 Å². The largest absolute Gasteiger partial charge is 0.391 e. The summed E-state index contributed by atoms with van der Waals surface area (Å²) >= 11 is 0. The fourth-order valence-corrected chi connectivity index (χ4v) is 3.00. The first kappa shape index (κ1) is 13.2. The Bertz CT molecular complexity index is 599. The molecule has 4 nitrogen and oxygen atoms in total. The Morgan fingerprint density at radius 2 is 2.15 bits per heavy atom. The molecule has 1 saturated carbocycles. The van der Waals surface area contributed by atoms with Gasteiger partial charge in [-0.3, -0.25) is 4.79 Å². The maximum absolute atomic E-state index is 12.1. The summed E-state index contributed by atoms with van der Waals surface area (Å²) in [4.78, 5) is 15.2. The molecule has 0 bridgehead atoms. The summed E-state index contributed by atoms with van der Waals surface area (Å²) in [5.74, 6) is 0.222. The van der Waals surface area contributed by atoms with Crippen LogP contribution < -0.4 is 5.32 Å². The van der Waals surface area contributed by atoms with Crippen LogP contribution in [0.5, 0.6) is 0 Å². The molecule has 3 N–H and O–H groups in total. The van der Waals surface area contributed by atoms with Crippen LogP contribution >= 0.6 is 0 Å². The second kappa shape index (κ2) is 5.67. The Labute approximate surface area is 118 Å². The molecule has 4 heteroatoms. The minimum atomic E-state index is -0.421. The van der Waals surface area contributed by atoms with Crippen molar-refractivity contribution in [2.75, 3.05) is 6.54 Å². The van der Waals surface area contributed by atoms with Crippen LogP contribution in [0.15, 0.2) is 30.5 Å². The monoisotopic (exact) mass is 272 g/mol. The molecule has 2 aromatic rings. The van der Waals surface area contributed by atoms with Gasteiger partial charge in [-0.25, -0.2) is 0 Å². The van der Waals surface area contributed by atoms with E-state index in [1.165, 1.54) is 12.8 Å². The van der Waals surface area contributed by atoms with Crippen LogP contribution in [0.1, 0.15) is 36.0 Å². The highest BCUT2D eigenvalue weighted by Gasteiger charge is 2.23. The maximum Gasteiger partial charge on any atom is 0.251 e. The smallest absolute Gasteiger partial charge is 0.251 e. The average Bonchev–Trinajstić information content (AvgIpc) is 3.13. The Hall–Kier alpha value is -1.81. The van der Waals surface area contributed by atoms with E-state index in [4.69, 9.17) is 0 Å². The molecule has 0 aliphatic heterocycles. The van der Waals surface area contributed by atoms with Gasteiger partial charge < -0.3 is 15.4 Å². The zero-order valence-electron chi connectivity index (χ0n) is 11.4. The Kier molecular flexibility index (Phi) is 3.74. The standard InChI is InChI=1S/C16H20N2O2/c19-15(12-3-1-2-4-12)10-18-16(20)13-6-5-11-7-8-17-14(11)9-13/h5-9,12,15,17,19H,1-4,10H2,(H,18,20). The zero-order chi connectivity index (χ0) is 13.9. The summed E-state index contributed by atoms with van der Waals surface area (Å²) in [6.07, 6.45) is 5.97. The number of fused-ring (bicyclic) bond motifs is 1. The quantitative estimate of drug-likeness (QED) is 0.800. The lowest BCUT2D eigenvalue weighted by atomic mass is 10.0. The third kappa shape index (κ3) is 2.70. The highest BCUT2D eigenvalue weighted by molar-refractivity contribution is 5.97. The van der Waals surface area contributed by atoms with Crippen molar-refractivity contribution in [3.63, 3.8) is 0 Å². The number of aliphatic hydroxyl groups is 1. The van der Waals surface area contributed by atoms with Gasteiger partial charge in [0, 0.05) is 23.8 Å². The van der Waals surface area contributed by atoms with Gasteiger partial charge in [0.05, 0.1) is 6.10 Å². The van der Waals surface area contributed by atoms with Crippen LogP contribution in [0.2, 0.25) is 0 Å². The molecule has 106 valence electrons. The number of H-pyrrole nitrogens is 1. The maximum atomic E-state index is 12.1. The predicted molar refractivity (Wildman–Crippen MR) is 78.6 cm³/mol. The Balaban J connectivity index is 1.60. The molecule has 1 atom stereocenters. The minimum Gasteiger partial charge on any atom is -0.391 e. The molecule has 0 radical (unpaired) electrons. The van der Waals surface area contributed by atoms with Crippen molar-refractivity contribution in [3.8, 4) is 0 Å². The number of amides is 1. The molecular weight excluding hydrogens is 252 g/mol.